The molecule has 0 aromatic heterocycles. The van der Waals surface area contributed by atoms with E-state index in [-0.39, 0.29) is 19.1 Å². The number of carbonyl (C=O) groups excluding carboxylic acids is 1. The number of amides is 1. The van der Waals surface area contributed by atoms with Gasteiger partial charge in [-0.2, -0.15) is 4.99 Å². The van der Waals surface area contributed by atoms with E-state index in [1.54, 1.807) is 0 Å². The van der Waals surface area contributed by atoms with Gasteiger partial charge in [0, 0.05) is 12.0 Å². The van der Waals surface area contributed by atoms with Crippen LogP contribution in [0.4, 0.5) is 4.79 Å². The molecule has 0 aromatic rings. The van der Waals surface area contributed by atoms with E-state index in [2.05, 4.69) is 4.99 Å². The number of hydrogen-bond acceptors (Lipinski definition) is 4. The van der Waals surface area contributed by atoms with Gasteiger partial charge >= 0.3 is 6.09 Å². The summed E-state index contributed by atoms with van der Waals surface area (Å²) in [6.45, 7) is 7.93. The van der Waals surface area contributed by atoms with Crippen molar-refractivity contribution >= 4 is 11.9 Å². The minimum absolute atomic E-state index is 0. The first-order chi connectivity index (χ1) is 6.98. The topological polar surface area (TPSA) is 51.1 Å². The molecule has 0 bridgehead atoms. The van der Waals surface area contributed by atoms with Crippen molar-refractivity contribution in [2.24, 2.45) is 10.4 Å². The second-order valence-corrected chi connectivity index (χ2v) is 4.79. The van der Waals surface area contributed by atoms with Gasteiger partial charge in [0.1, 0.15) is 12.4 Å². The normalized spacial score (nSPS) is 25.2. The molecule has 0 aliphatic carbocycles. The van der Waals surface area contributed by atoms with Crippen molar-refractivity contribution < 1.29 is 14.3 Å². The second-order valence-electron chi connectivity index (χ2n) is 4.79. The van der Waals surface area contributed by atoms with E-state index in [0.717, 1.165) is 12.4 Å². The highest BCUT2D eigenvalue weighted by Crippen LogP contribution is 2.26. The standard InChI is InChI=1S/C10H16N2O3.CH4/c1-10(2,3)8-11-9(13)15-7-6-14-5-4-12(7)8;/h7H,4-6H2,1-3H3;1H4. The first-order valence-corrected chi connectivity index (χ1v) is 5.12. The molecule has 5 nitrogen and oxygen atoms in total. The van der Waals surface area contributed by atoms with Crippen LogP contribution in [0, 0.1) is 5.41 Å². The van der Waals surface area contributed by atoms with Crippen molar-refractivity contribution in [1.82, 2.24) is 4.90 Å². The summed E-state index contributed by atoms with van der Waals surface area (Å²) >= 11 is 0. The van der Waals surface area contributed by atoms with Crippen LogP contribution < -0.4 is 0 Å². The Hall–Kier alpha value is -1.10. The van der Waals surface area contributed by atoms with Gasteiger partial charge in [0.2, 0.25) is 6.23 Å². The summed E-state index contributed by atoms with van der Waals surface area (Å²) in [4.78, 5) is 17.3. The Morgan fingerprint density at radius 1 is 1.44 bits per heavy atom. The molecule has 1 unspecified atom stereocenters. The number of nitrogens with zero attached hydrogens (tertiary/aromatic N) is 2. The third-order valence-electron chi connectivity index (χ3n) is 2.46. The number of rotatable bonds is 0. The third kappa shape index (κ3) is 2.35. The van der Waals surface area contributed by atoms with E-state index >= 15 is 0 Å². The zero-order valence-corrected chi connectivity index (χ0v) is 9.32. The molecule has 16 heavy (non-hydrogen) atoms. The van der Waals surface area contributed by atoms with Gasteiger partial charge < -0.3 is 14.4 Å². The Morgan fingerprint density at radius 2 is 2.12 bits per heavy atom. The summed E-state index contributed by atoms with van der Waals surface area (Å²) in [6.07, 6.45) is -0.801. The fourth-order valence-electron chi connectivity index (χ4n) is 1.81. The van der Waals surface area contributed by atoms with Gasteiger partial charge in [-0.25, -0.2) is 4.79 Å². The second kappa shape index (κ2) is 4.41. The van der Waals surface area contributed by atoms with Gasteiger partial charge in [0.15, 0.2) is 0 Å². The van der Waals surface area contributed by atoms with E-state index in [0.29, 0.717) is 13.2 Å². The predicted molar refractivity (Wildman–Crippen MR) is 61.4 cm³/mol. The van der Waals surface area contributed by atoms with E-state index in [9.17, 15) is 4.79 Å². The lowest BCUT2D eigenvalue weighted by Crippen LogP contribution is -2.56. The molecule has 5 heteroatoms. The Balaban J connectivity index is 0.00000128. The summed E-state index contributed by atoms with van der Waals surface area (Å²) in [7, 11) is 0. The van der Waals surface area contributed by atoms with Crippen molar-refractivity contribution in [2.75, 3.05) is 19.8 Å². The number of amidine groups is 1. The average Bonchev–Trinajstić information content (AvgIpc) is 2.15. The predicted octanol–water partition coefficient (Wildman–Crippen LogP) is 1.88. The molecule has 0 N–H and O–H groups in total. The molecule has 1 amide bonds. The summed E-state index contributed by atoms with van der Waals surface area (Å²) in [6, 6.07) is 0. The van der Waals surface area contributed by atoms with Crippen LogP contribution in [0.15, 0.2) is 4.99 Å². The molecule has 2 aliphatic heterocycles. The number of ether oxygens (including phenoxy) is 2. The van der Waals surface area contributed by atoms with Crippen molar-refractivity contribution in [2.45, 2.75) is 34.4 Å². The van der Waals surface area contributed by atoms with Gasteiger partial charge in [-0.1, -0.05) is 28.2 Å². The van der Waals surface area contributed by atoms with Crippen LogP contribution in [0.5, 0.6) is 0 Å². The summed E-state index contributed by atoms with van der Waals surface area (Å²) in [5.74, 6) is 0.798. The van der Waals surface area contributed by atoms with E-state index < -0.39 is 6.09 Å². The lowest BCUT2D eigenvalue weighted by atomic mass is 9.93. The Bertz CT molecular complexity index is 307. The van der Waals surface area contributed by atoms with Crippen LogP contribution in [-0.4, -0.2) is 42.8 Å². The van der Waals surface area contributed by atoms with Gasteiger partial charge in [-0.15, -0.1) is 0 Å². The van der Waals surface area contributed by atoms with E-state index in [4.69, 9.17) is 9.47 Å². The fourth-order valence-corrected chi connectivity index (χ4v) is 1.81. The largest absolute Gasteiger partial charge is 0.437 e. The smallest absolute Gasteiger partial charge is 0.421 e. The lowest BCUT2D eigenvalue weighted by Gasteiger charge is -2.42. The van der Waals surface area contributed by atoms with Crippen molar-refractivity contribution in [1.29, 1.82) is 0 Å². The summed E-state index contributed by atoms with van der Waals surface area (Å²) < 4.78 is 10.4. The van der Waals surface area contributed by atoms with Crippen LogP contribution in [0.2, 0.25) is 0 Å². The third-order valence-corrected chi connectivity index (χ3v) is 2.46. The molecule has 1 fully saturated rings. The number of hydrogen-bond donors (Lipinski definition) is 0. The van der Waals surface area contributed by atoms with E-state index in [1.165, 1.54) is 0 Å². The Kier molecular flexibility index (Phi) is 3.57. The molecule has 1 saturated heterocycles. The minimum Gasteiger partial charge on any atom is -0.421 e. The molecule has 1 atom stereocenters. The first-order valence-electron chi connectivity index (χ1n) is 5.12. The van der Waals surface area contributed by atoms with Gasteiger partial charge in [-0.3, -0.25) is 0 Å². The Labute approximate surface area is 96.4 Å². The van der Waals surface area contributed by atoms with Gasteiger partial charge in [0.25, 0.3) is 0 Å². The van der Waals surface area contributed by atoms with Crippen LogP contribution in [0.25, 0.3) is 0 Å². The molecule has 2 rings (SSSR count). The SMILES string of the molecule is C.CC(C)(C)C1=NC(=O)OC2COCCN12. The molecule has 2 heterocycles. The number of aliphatic imine (C=N–C) groups is 1. The quantitative estimate of drug-likeness (QED) is 0.635. The maximum atomic E-state index is 11.3. The first kappa shape index (κ1) is 13.0. The molecule has 92 valence electrons. The molecule has 2 aliphatic rings. The van der Waals surface area contributed by atoms with Crippen molar-refractivity contribution in [3.05, 3.63) is 0 Å². The van der Waals surface area contributed by atoms with E-state index in [1.807, 2.05) is 25.7 Å². The average molecular weight is 228 g/mol. The molecular weight excluding hydrogens is 208 g/mol. The summed E-state index contributed by atoms with van der Waals surface area (Å²) in [5.41, 5.74) is -0.144. The van der Waals surface area contributed by atoms with Crippen LogP contribution >= 0.6 is 0 Å². The zero-order chi connectivity index (χ0) is 11.1. The number of carbonyl (C=O) groups is 1. The number of fused-ring (bicyclic) bond motifs is 1. The molecule has 0 spiro atoms. The maximum Gasteiger partial charge on any atom is 0.437 e. The van der Waals surface area contributed by atoms with Crippen LogP contribution in [-0.2, 0) is 9.47 Å². The van der Waals surface area contributed by atoms with Gasteiger partial charge in [0.05, 0.1) is 6.61 Å². The molecular formula is C11H20N2O3. The molecule has 0 aromatic carbocycles. The molecule has 0 radical (unpaired) electrons. The molecule has 0 saturated carbocycles. The highest BCUT2D eigenvalue weighted by molar-refractivity contribution is 5.96. The van der Waals surface area contributed by atoms with Crippen LogP contribution in [0.3, 0.4) is 0 Å². The highest BCUT2D eigenvalue weighted by atomic mass is 16.6. The highest BCUT2D eigenvalue weighted by Gasteiger charge is 2.38. The zero-order valence-electron chi connectivity index (χ0n) is 9.32. The fraction of sp³-hybridized carbons (Fsp3) is 0.818. The van der Waals surface area contributed by atoms with Crippen molar-refractivity contribution in [3.63, 3.8) is 0 Å². The lowest BCUT2D eigenvalue weighted by molar-refractivity contribution is -0.0858. The van der Waals surface area contributed by atoms with Crippen LogP contribution in [0.1, 0.15) is 28.2 Å². The number of morpholine rings is 1. The Morgan fingerprint density at radius 3 is 2.75 bits per heavy atom. The monoisotopic (exact) mass is 228 g/mol. The van der Waals surface area contributed by atoms with Gasteiger partial charge in [-0.05, 0) is 0 Å². The summed E-state index contributed by atoms with van der Waals surface area (Å²) in [5, 5.41) is 0. The minimum atomic E-state index is -0.508. The maximum absolute atomic E-state index is 11.3. The van der Waals surface area contributed by atoms with Crippen molar-refractivity contribution in [3.8, 4) is 0 Å².